The number of hydrogen-bond donors (Lipinski definition) is 1. The molecule has 2 heterocycles. The Morgan fingerprint density at radius 2 is 2.10 bits per heavy atom. The lowest BCUT2D eigenvalue weighted by Gasteiger charge is -2.13. The molecule has 1 aliphatic carbocycles. The first-order chi connectivity index (χ1) is 9.84. The van der Waals surface area contributed by atoms with Crippen LogP contribution in [0.4, 0.5) is 13.2 Å². The third-order valence-electron chi connectivity index (χ3n) is 3.26. The van der Waals surface area contributed by atoms with Crippen LogP contribution in [-0.4, -0.2) is 21.4 Å². The molecule has 4 nitrogen and oxygen atoms in total. The average Bonchev–Trinajstić information content (AvgIpc) is 2.79. The highest BCUT2D eigenvalue weighted by molar-refractivity contribution is 5.71. The highest BCUT2D eigenvalue weighted by atomic mass is 19.4. The summed E-state index contributed by atoms with van der Waals surface area (Å²) in [6.45, 7) is 1.74. The van der Waals surface area contributed by atoms with E-state index in [-0.39, 0.29) is 17.7 Å². The molecule has 1 aromatic heterocycles. The van der Waals surface area contributed by atoms with E-state index in [0.717, 1.165) is 11.1 Å². The van der Waals surface area contributed by atoms with Crippen LogP contribution in [0.25, 0.3) is 11.6 Å². The first-order valence-corrected chi connectivity index (χ1v) is 6.17. The number of hydroxylamine groups is 2. The van der Waals surface area contributed by atoms with Gasteiger partial charge >= 0.3 is 6.18 Å². The molecule has 0 amide bonds. The van der Waals surface area contributed by atoms with Gasteiger partial charge in [0.1, 0.15) is 0 Å². The predicted octanol–water partition coefficient (Wildman–Crippen LogP) is 1.77. The zero-order valence-corrected chi connectivity index (χ0v) is 11.0. The van der Waals surface area contributed by atoms with E-state index in [0.29, 0.717) is 16.6 Å². The Labute approximate surface area is 117 Å². The van der Waals surface area contributed by atoms with E-state index in [4.69, 9.17) is 4.42 Å². The van der Waals surface area contributed by atoms with Gasteiger partial charge in [0.2, 0.25) is 5.55 Å². The van der Waals surface area contributed by atoms with Gasteiger partial charge in [-0.2, -0.15) is 13.2 Å². The van der Waals surface area contributed by atoms with Gasteiger partial charge < -0.3 is 4.42 Å². The molecule has 0 radical (unpaired) electrons. The fraction of sp³-hybridized carbons (Fsp3) is 0.214. The van der Waals surface area contributed by atoms with E-state index >= 15 is 0 Å². The van der Waals surface area contributed by atoms with E-state index in [2.05, 4.69) is 4.98 Å². The number of halogens is 3. The van der Waals surface area contributed by atoms with Gasteiger partial charge in [-0.05, 0) is 30.7 Å². The second-order valence-electron chi connectivity index (χ2n) is 4.78. The molecular weight excluding hydrogens is 285 g/mol. The highest BCUT2D eigenvalue weighted by Crippen LogP contribution is 2.28. The van der Waals surface area contributed by atoms with Crippen molar-refractivity contribution in [2.24, 2.45) is 0 Å². The summed E-state index contributed by atoms with van der Waals surface area (Å²) in [6, 6.07) is 0. The Morgan fingerprint density at radius 3 is 2.76 bits per heavy atom. The van der Waals surface area contributed by atoms with Crippen LogP contribution in [0.2, 0.25) is 0 Å². The summed E-state index contributed by atoms with van der Waals surface area (Å²) in [5.74, 6) is 0. The highest BCUT2D eigenvalue weighted by Gasteiger charge is 2.35. The van der Waals surface area contributed by atoms with Crippen LogP contribution in [0.1, 0.15) is 12.6 Å². The zero-order valence-electron chi connectivity index (χ0n) is 11.0. The molecular formula is C14H11F3N2O2. The monoisotopic (exact) mass is 296 g/mol. The molecule has 1 aliphatic heterocycles. The van der Waals surface area contributed by atoms with Crippen molar-refractivity contribution in [3.8, 4) is 0 Å². The molecule has 0 spiro atoms. The summed E-state index contributed by atoms with van der Waals surface area (Å²) in [7, 11) is 0. The zero-order chi connectivity index (χ0) is 15.2. The van der Waals surface area contributed by atoms with Crippen molar-refractivity contribution in [1.82, 2.24) is 10.0 Å². The summed E-state index contributed by atoms with van der Waals surface area (Å²) >= 11 is 0. The average molecular weight is 296 g/mol. The molecule has 0 atom stereocenters. The van der Waals surface area contributed by atoms with Crippen molar-refractivity contribution in [3.05, 3.63) is 52.4 Å². The van der Waals surface area contributed by atoms with Gasteiger partial charge in [0.15, 0.2) is 5.42 Å². The molecule has 0 aromatic carbocycles. The SMILES string of the molecule is CC1=CN(O)C=CC1=c1nc2c(o1)=CC=C(C(F)(F)F)C2. The van der Waals surface area contributed by atoms with Crippen molar-refractivity contribution in [3.63, 3.8) is 0 Å². The molecule has 1 aromatic rings. The second kappa shape index (κ2) is 4.63. The number of hydrogen-bond acceptors (Lipinski definition) is 4. The largest absolute Gasteiger partial charge is 0.436 e. The predicted molar refractivity (Wildman–Crippen MR) is 68.0 cm³/mol. The number of fused-ring (bicyclic) bond motifs is 1. The normalized spacial score (nSPS) is 20.7. The Morgan fingerprint density at radius 1 is 1.33 bits per heavy atom. The Kier molecular flexibility index (Phi) is 3.02. The summed E-state index contributed by atoms with van der Waals surface area (Å²) in [5.41, 5.74) is 1.51. The quantitative estimate of drug-likeness (QED) is 0.793. The van der Waals surface area contributed by atoms with Crippen molar-refractivity contribution in [2.45, 2.75) is 19.5 Å². The molecule has 7 heteroatoms. The van der Waals surface area contributed by atoms with Crippen LogP contribution in [-0.2, 0) is 6.42 Å². The van der Waals surface area contributed by atoms with E-state index in [1.165, 1.54) is 18.5 Å². The van der Waals surface area contributed by atoms with Crippen molar-refractivity contribution >= 4 is 11.6 Å². The number of rotatable bonds is 0. The number of oxazole rings is 1. The van der Waals surface area contributed by atoms with Crippen LogP contribution in [0, 0.1) is 0 Å². The van der Waals surface area contributed by atoms with Gasteiger partial charge in [0, 0.05) is 30.0 Å². The van der Waals surface area contributed by atoms with Crippen LogP contribution in [0.3, 0.4) is 0 Å². The summed E-state index contributed by atoms with van der Waals surface area (Å²) in [6.07, 6.45) is 2.07. The standard InChI is InChI=1S/C14H11F3N2O2/c1-8-7-19(20)5-4-10(8)13-18-11-6-9(14(15,16)17)2-3-12(11)21-13/h2-5,7,20H,6H2,1H3. The maximum atomic E-state index is 12.7. The lowest BCUT2D eigenvalue weighted by Crippen LogP contribution is -2.20. The van der Waals surface area contributed by atoms with E-state index in [1.807, 2.05) is 0 Å². The summed E-state index contributed by atoms with van der Waals surface area (Å²) in [5, 5.41) is 10.2. The maximum Gasteiger partial charge on any atom is 0.413 e. The number of nitrogens with zero attached hydrogens (tertiary/aromatic N) is 2. The van der Waals surface area contributed by atoms with E-state index < -0.39 is 11.7 Å². The second-order valence-corrected chi connectivity index (χ2v) is 4.78. The first kappa shape index (κ1) is 13.7. The smallest absolute Gasteiger partial charge is 0.413 e. The van der Waals surface area contributed by atoms with Crippen LogP contribution in [0.5, 0.6) is 0 Å². The third kappa shape index (κ3) is 2.52. The Hall–Kier alpha value is -2.28. The molecule has 0 unspecified atom stereocenters. The molecule has 0 saturated carbocycles. The van der Waals surface area contributed by atoms with Gasteiger partial charge in [-0.25, -0.2) is 10.0 Å². The van der Waals surface area contributed by atoms with Gasteiger partial charge in [-0.15, -0.1) is 0 Å². The minimum atomic E-state index is -4.36. The van der Waals surface area contributed by atoms with E-state index in [1.54, 1.807) is 13.0 Å². The Balaban J connectivity index is 2.06. The molecule has 0 fully saturated rings. The van der Waals surface area contributed by atoms with Crippen molar-refractivity contribution < 1.29 is 22.8 Å². The number of aromatic nitrogens is 1. The fourth-order valence-corrected chi connectivity index (χ4v) is 2.18. The molecule has 2 aliphatic rings. The van der Waals surface area contributed by atoms with Crippen LogP contribution in [0.15, 0.2) is 40.1 Å². The third-order valence-corrected chi connectivity index (χ3v) is 3.26. The van der Waals surface area contributed by atoms with Crippen LogP contribution < -0.4 is 11.0 Å². The molecule has 0 bridgehead atoms. The minimum absolute atomic E-state index is 0.242. The van der Waals surface area contributed by atoms with Crippen molar-refractivity contribution in [1.29, 1.82) is 0 Å². The lowest BCUT2D eigenvalue weighted by atomic mass is 10.1. The molecule has 3 rings (SSSR count). The number of alkyl halides is 3. The lowest BCUT2D eigenvalue weighted by molar-refractivity contribution is -0.0932. The van der Waals surface area contributed by atoms with E-state index in [9.17, 15) is 18.4 Å². The van der Waals surface area contributed by atoms with Gasteiger partial charge in [-0.3, -0.25) is 5.21 Å². The first-order valence-electron chi connectivity index (χ1n) is 6.17. The maximum absolute atomic E-state index is 12.7. The molecule has 110 valence electrons. The topological polar surface area (TPSA) is 49.5 Å². The summed E-state index contributed by atoms with van der Waals surface area (Å²) in [4.78, 5) is 4.15. The Bertz CT molecular complexity index is 797. The number of allylic oxidation sites excluding steroid dienone is 4. The van der Waals surface area contributed by atoms with Gasteiger partial charge in [0.05, 0.1) is 5.69 Å². The van der Waals surface area contributed by atoms with Gasteiger partial charge in [0.25, 0.3) is 0 Å². The molecule has 0 saturated heterocycles. The van der Waals surface area contributed by atoms with Crippen molar-refractivity contribution in [2.75, 3.05) is 0 Å². The van der Waals surface area contributed by atoms with Gasteiger partial charge in [-0.1, -0.05) is 0 Å². The summed E-state index contributed by atoms with van der Waals surface area (Å²) < 4.78 is 43.6. The molecule has 1 N–H and O–H groups in total. The fourth-order valence-electron chi connectivity index (χ4n) is 2.18. The minimum Gasteiger partial charge on any atom is -0.436 e. The molecule has 21 heavy (non-hydrogen) atoms. The van der Waals surface area contributed by atoms with Crippen LogP contribution >= 0.6 is 0 Å².